The Morgan fingerprint density at radius 2 is 1.61 bits per heavy atom. The first-order valence-corrected chi connectivity index (χ1v) is 11.0. The molecule has 10 heteroatoms. The van der Waals surface area contributed by atoms with E-state index in [4.69, 9.17) is 18.9 Å². The number of amides is 4. The van der Waals surface area contributed by atoms with Gasteiger partial charge in [-0.05, 0) is 18.2 Å². The van der Waals surface area contributed by atoms with E-state index in [1.807, 2.05) is 0 Å². The Balaban J connectivity index is 1.73. The number of allylic oxidation sites excluding steroid dienone is 3. The second-order valence-electron chi connectivity index (χ2n) is 7.82. The van der Waals surface area contributed by atoms with Crippen molar-refractivity contribution < 1.29 is 37.9 Å². The molecule has 36 heavy (non-hydrogen) atoms. The molecule has 2 aromatic rings. The minimum atomic E-state index is -0.758. The highest BCUT2D eigenvalue weighted by Crippen LogP contribution is 2.42. The van der Waals surface area contributed by atoms with Crippen LogP contribution in [0.1, 0.15) is 0 Å². The average molecular weight is 493 g/mol. The number of urea groups is 1. The smallest absolute Gasteiger partial charge is 0.495 e. The van der Waals surface area contributed by atoms with Crippen molar-refractivity contribution in [2.24, 2.45) is 5.92 Å². The molecule has 4 amide bonds. The summed E-state index contributed by atoms with van der Waals surface area (Å²) in [5.41, 5.74) is 1.09. The fourth-order valence-corrected chi connectivity index (χ4v) is 4.14. The summed E-state index contributed by atoms with van der Waals surface area (Å²) in [6, 6.07) is 9.29. The van der Waals surface area contributed by atoms with Gasteiger partial charge in [-0.1, -0.05) is 30.4 Å². The van der Waals surface area contributed by atoms with Crippen molar-refractivity contribution in [2.45, 2.75) is 0 Å². The number of hydrogen-bond donors (Lipinski definition) is 1. The van der Waals surface area contributed by atoms with Gasteiger partial charge < -0.3 is 24.3 Å². The van der Waals surface area contributed by atoms with E-state index < -0.39 is 23.8 Å². The number of carbonyl (C=O) groups excluding carboxylic acids is 3. The molecule has 0 saturated heterocycles. The third-order valence-corrected chi connectivity index (χ3v) is 5.81. The number of rotatable bonds is 8. The van der Waals surface area contributed by atoms with E-state index in [2.05, 4.69) is 5.32 Å². The van der Waals surface area contributed by atoms with Gasteiger partial charge in [0.1, 0.15) is 23.1 Å². The molecule has 0 saturated carbocycles. The highest BCUT2D eigenvalue weighted by Gasteiger charge is 2.49. The summed E-state index contributed by atoms with van der Waals surface area (Å²) in [5, 5.41) is 2.77. The molecule has 0 aromatic heterocycles. The Morgan fingerprint density at radius 1 is 0.944 bits per heavy atom. The van der Waals surface area contributed by atoms with Crippen molar-refractivity contribution in [3.05, 3.63) is 60.7 Å². The lowest BCUT2D eigenvalue weighted by Gasteiger charge is -2.27. The lowest BCUT2D eigenvalue weighted by atomic mass is 9.94. The number of ether oxygens (including phenoxy) is 4. The predicted octanol–water partition coefficient (Wildman–Crippen LogP) is 3.02. The Morgan fingerprint density at radius 3 is 2.25 bits per heavy atom. The normalized spacial score (nSPS) is 16.6. The van der Waals surface area contributed by atoms with Gasteiger partial charge in [-0.3, -0.25) is 4.79 Å². The number of imide groups is 1. The van der Waals surface area contributed by atoms with Crippen LogP contribution in [0.2, 0.25) is 0 Å². The maximum Gasteiger partial charge on any atom is 0.506 e. The van der Waals surface area contributed by atoms with E-state index in [1.54, 1.807) is 48.6 Å². The predicted molar refractivity (Wildman–Crippen MR) is 133 cm³/mol. The van der Waals surface area contributed by atoms with Crippen molar-refractivity contribution in [3.63, 3.8) is 0 Å². The number of methoxy groups -OCH3 is 4. The molecular formula is C26H26N3O7+. The molecule has 1 N–H and O–H groups in total. The summed E-state index contributed by atoms with van der Waals surface area (Å²) in [7, 11) is 5.84. The van der Waals surface area contributed by atoms with Crippen molar-refractivity contribution in [2.75, 3.05) is 45.2 Å². The lowest BCUT2D eigenvalue weighted by Crippen LogP contribution is -2.56. The Labute approximate surface area is 208 Å². The maximum absolute atomic E-state index is 13.7. The number of fused-ring (bicyclic) bond motifs is 1. The zero-order valence-electron chi connectivity index (χ0n) is 20.3. The van der Waals surface area contributed by atoms with E-state index in [9.17, 15) is 14.4 Å². The molecule has 0 spiro atoms. The molecule has 1 aliphatic heterocycles. The fourth-order valence-electron chi connectivity index (χ4n) is 4.14. The third-order valence-electron chi connectivity index (χ3n) is 5.81. The maximum atomic E-state index is 13.7. The van der Waals surface area contributed by atoms with Crippen LogP contribution in [0, 0.1) is 5.92 Å². The van der Waals surface area contributed by atoms with Gasteiger partial charge >= 0.3 is 11.9 Å². The Hall–Kier alpha value is -4.60. The minimum Gasteiger partial charge on any atom is -0.495 e. The van der Waals surface area contributed by atoms with Gasteiger partial charge in [0.05, 0.1) is 34.1 Å². The average Bonchev–Trinajstić information content (AvgIpc) is 2.90. The first-order valence-electron chi connectivity index (χ1n) is 11.0. The van der Waals surface area contributed by atoms with Crippen LogP contribution in [0.5, 0.6) is 23.0 Å². The number of para-hydroxylation sites is 2. The van der Waals surface area contributed by atoms with Crippen molar-refractivity contribution in [3.8, 4) is 23.0 Å². The quantitative estimate of drug-likeness (QED) is 0.565. The van der Waals surface area contributed by atoms with Gasteiger partial charge in [0.2, 0.25) is 5.75 Å². The van der Waals surface area contributed by atoms with Gasteiger partial charge in [0.25, 0.3) is 5.91 Å². The number of benzene rings is 2. The molecule has 1 aliphatic carbocycles. The van der Waals surface area contributed by atoms with Gasteiger partial charge in [-0.25, -0.2) is 4.79 Å². The molecule has 10 nitrogen and oxygen atoms in total. The lowest BCUT2D eigenvalue weighted by molar-refractivity contribution is -0.416. The van der Waals surface area contributed by atoms with Gasteiger partial charge in [-0.2, -0.15) is 9.37 Å². The summed E-state index contributed by atoms with van der Waals surface area (Å²) in [5.74, 6) is -0.320. The molecule has 186 valence electrons. The third kappa shape index (κ3) is 4.40. The Bertz CT molecular complexity index is 1290. The standard InChI is InChI=1S/C26H25N3O7/c1-33-20-12-8-6-10-18(20)27-23(30)15-28-19-11-7-5-9-17(19)25(31)29(26(28)32)16-13-21(34-2)24(36-4)22(14-16)35-3/h5-14,17H,15H2,1-4H3/p+1. The fraction of sp³-hybridized carbons (Fsp3) is 0.231. The summed E-state index contributed by atoms with van der Waals surface area (Å²) in [4.78, 5) is 41.2. The molecule has 2 aliphatic rings. The van der Waals surface area contributed by atoms with Crippen LogP contribution in [0.15, 0.2) is 60.7 Å². The zero-order valence-corrected chi connectivity index (χ0v) is 20.3. The van der Waals surface area contributed by atoms with Crippen molar-refractivity contribution >= 4 is 34.9 Å². The first-order chi connectivity index (χ1) is 17.4. The van der Waals surface area contributed by atoms with E-state index in [-0.39, 0.29) is 23.7 Å². The Kier molecular flexibility index (Phi) is 7.05. The molecule has 1 atom stereocenters. The van der Waals surface area contributed by atoms with Gasteiger partial charge in [0.15, 0.2) is 18.0 Å². The molecular weight excluding hydrogens is 466 g/mol. The largest absolute Gasteiger partial charge is 0.506 e. The van der Waals surface area contributed by atoms with E-state index in [1.165, 1.54) is 45.1 Å². The summed E-state index contributed by atoms with van der Waals surface area (Å²) in [6.07, 6.45) is 6.78. The molecule has 4 rings (SSSR count). The van der Waals surface area contributed by atoms with E-state index in [0.717, 1.165) is 4.90 Å². The van der Waals surface area contributed by atoms with Crippen LogP contribution in [-0.2, 0) is 9.59 Å². The summed E-state index contributed by atoms with van der Waals surface area (Å²) in [6.45, 7) is -0.324. The van der Waals surface area contributed by atoms with Gasteiger partial charge in [-0.15, -0.1) is 4.90 Å². The minimum absolute atomic E-state index is 0.219. The molecule has 0 fully saturated rings. The van der Waals surface area contributed by atoms with Gasteiger partial charge in [0, 0.05) is 12.1 Å². The number of hydrogen-bond acceptors (Lipinski definition) is 7. The monoisotopic (exact) mass is 492 g/mol. The highest BCUT2D eigenvalue weighted by molar-refractivity contribution is 6.26. The second kappa shape index (κ2) is 10.3. The first kappa shape index (κ1) is 24.5. The van der Waals surface area contributed by atoms with Crippen LogP contribution in [0.3, 0.4) is 0 Å². The number of carbonyl (C=O) groups is 3. The molecule has 1 heterocycles. The van der Waals surface area contributed by atoms with Crippen LogP contribution in [0.25, 0.3) is 0 Å². The summed E-state index contributed by atoms with van der Waals surface area (Å²) < 4.78 is 22.7. The summed E-state index contributed by atoms with van der Waals surface area (Å²) >= 11 is 0. The van der Waals surface area contributed by atoms with Crippen molar-refractivity contribution in [1.29, 1.82) is 0 Å². The molecule has 1 unspecified atom stereocenters. The second-order valence-corrected chi connectivity index (χ2v) is 7.82. The SMILES string of the molecule is COc1ccccc1NC(=O)C[N+]1=C2C=CC=CC2C(=O)N(c2cc(OC)c(OC)c(OC)c2)C1=O. The van der Waals surface area contributed by atoms with Crippen LogP contribution in [0.4, 0.5) is 16.2 Å². The highest BCUT2D eigenvalue weighted by atomic mass is 16.5. The molecule has 0 bridgehead atoms. The van der Waals surface area contributed by atoms with Crippen LogP contribution in [-0.4, -0.2) is 63.1 Å². The zero-order chi connectivity index (χ0) is 25.8. The number of nitrogens with one attached hydrogen (secondary N) is 1. The molecule has 2 aromatic carbocycles. The van der Waals surface area contributed by atoms with Crippen LogP contribution >= 0.6 is 0 Å². The number of nitrogens with zero attached hydrogens (tertiary/aromatic N) is 2. The topological polar surface area (TPSA) is 106 Å². The van der Waals surface area contributed by atoms with E-state index >= 15 is 0 Å². The molecule has 0 radical (unpaired) electrons. The van der Waals surface area contributed by atoms with Crippen LogP contribution < -0.4 is 29.2 Å². The van der Waals surface area contributed by atoms with E-state index in [0.29, 0.717) is 22.9 Å². The van der Waals surface area contributed by atoms with Crippen molar-refractivity contribution in [1.82, 2.24) is 0 Å². The number of anilines is 2.